The van der Waals surface area contributed by atoms with Gasteiger partial charge in [0.15, 0.2) is 0 Å². The number of carbonyl (C=O) groups excluding carboxylic acids is 3. The van der Waals surface area contributed by atoms with Crippen LogP contribution in [0.5, 0.6) is 0 Å². The van der Waals surface area contributed by atoms with Gasteiger partial charge < -0.3 is 4.84 Å². The Labute approximate surface area is 93.0 Å². The molecule has 0 unspecified atom stereocenters. The minimum Gasteiger partial charge on any atom is -0.310 e. The van der Waals surface area contributed by atoms with Crippen LogP contribution in [0, 0.1) is 0 Å². The third kappa shape index (κ3) is 3.50. The summed E-state index contributed by atoms with van der Waals surface area (Å²) in [5.41, 5.74) is 4.55. The van der Waals surface area contributed by atoms with Crippen molar-refractivity contribution < 1.29 is 19.2 Å². The maximum atomic E-state index is 11.2. The smallest absolute Gasteiger partial charge is 0.310 e. The van der Waals surface area contributed by atoms with Gasteiger partial charge in [-0.1, -0.05) is 0 Å². The van der Waals surface area contributed by atoms with Gasteiger partial charge in [0.05, 0.1) is 0 Å². The average Bonchev–Trinajstić information content (AvgIpc) is 2.45. The number of hydrogen-bond acceptors (Lipinski definition) is 5. The van der Waals surface area contributed by atoms with E-state index in [0.717, 1.165) is 0 Å². The van der Waals surface area contributed by atoms with Gasteiger partial charge in [-0.05, 0) is 20.8 Å². The van der Waals surface area contributed by atoms with Crippen LogP contribution in [0.2, 0.25) is 0 Å². The summed E-state index contributed by atoms with van der Waals surface area (Å²) in [5, 5.41) is 0.486. The zero-order chi connectivity index (χ0) is 12.3. The molecule has 90 valence electrons. The molecular weight excluding hydrogens is 214 g/mol. The van der Waals surface area contributed by atoms with E-state index in [1.54, 1.807) is 0 Å². The molecule has 2 N–H and O–H groups in total. The van der Waals surface area contributed by atoms with Crippen LogP contribution in [0.15, 0.2) is 0 Å². The number of hydrazine groups is 1. The van der Waals surface area contributed by atoms with E-state index in [4.69, 9.17) is 0 Å². The van der Waals surface area contributed by atoms with Gasteiger partial charge in [0.1, 0.15) is 0 Å². The molecule has 1 aliphatic heterocycles. The molecule has 0 aromatic heterocycles. The van der Waals surface area contributed by atoms with Crippen LogP contribution in [0.3, 0.4) is 0 Å². The molecule has 3 amide bonds. The minimum absolute atomic E-state index is 0.0822. The molecule has 7 heteroatoms. The SMILES string of the molecule is CC(C)(C)NNC(=O)ON1C(=O)CCC1=O. The van der Waals surface area contributed by atoms with Gasteiger partial charge in [-0.2, -0.15) is 0 Å². The second kappa shape index (κ2) is 4.48. The first-order valence-electron chi connectivity index (χ1n) is 4.90. The van der Waals surface area contributed by atoms with E-state index in [-0.39, 0.29) is 18.4 Å². The fourth-order valence-corrected chi connectivity index (χ4v) is 1.00. The molecule has 0 aliphatic carbocycles. The van der Waals surface area contributed by atoms with Crippen LogP contribution in [-0.4, -0.2) is 28.5 Å². The highest BCUT2D eigenvalue weighted by atomic mass is 16.7. The second-order valence-corrected chi connectivity index (χ2v) is 4.46. The highest BCUT2D eigenvalue weighted by Crippen LogP contribution is 2.11. The van der Waals surface area contributed by atoms with Gasteiger partial charge in [-0.3, -0.25) is 15.0 Å². The topological polar surface area (TPSA) is 87.7 Å². The molecule has 1 heterocycles. The van der Waals surface area contributed by atoms with Crippen LogP contribution >= 0.6 is 0 Å². The minimum atomic E-state index is -0.890. The van der Waals surface area contributed by atoms with Crippen molar-refractivity contribution in [2.24, 2.45) is 0 Å². The molecule has 1 fully saturated rings. The largest absolute Gasteiger partial charge is 0.446 e. The van der Waals surface area contributed by atoms with E-state index in [0.29, 0.717) is 5.06 Å². The fraction of sp³-hybridized carbons (Fsp3) is 0.667. The molecule has 1 rings (SSSR count). The molecule has 0 aromatic carbocycles. The van der Waals surface area contributed by atoms with Crippen LogP contribution in [0.1, 0.15) is 33.6 Å². The molecule has 0 aromatic rings. The third-order valence-corrected chi connectivity index (χ3v) is 1.72. The normalized spacial score (nSPS) is 16.6. The highest BCUT2D eigenvalue weighted by molar-refractivity contribution is 6.01. The molecule has 0 bridgehead atoms. The van der Waals surface area contributed by atoms with Gasteiger partial charge in [0, 0.05) is 18.4 Å². The van der Waals surface area contributed by atoms with Crippen molar-refractivity contribution in [3.05, 3.63) is 0 Å². The highest BCUT2D eigenvalue weighted by Gasteiger charge is 2.33. The number of amides is 3. The molecular formula is C9H15N3O4. The first kappa shape index (κ1) is 12.4. The maximum absolute atomic E-state index is 11.2. The number of nitrogens with one attached hydrogen (secondary N) is 2. The molecule has 7 nitrogen and oxygen atoms in total. The van der Waals surface area contributed by atoms with E-state index in [1.165, 1.54) is 0 Å². The Hall–Kier alpha value is -1.63. The number of carbonyl (C=O) groups is 3. The van der Waals surface area contributed by atoms with E-state index >= 15 is 0 Å². The van der Waals surface area contributed by atoms with Crippen molar-refractivity contribution in [3.63, 3.8) is 0 Å². The molecule has 0 saturated carbocycles. The zero-order valence-electron chi connectivity index (χ0n) is 9.49. The second-order valence-electron chi connectivity index (χ2n) is 4.46. The van der Waals surface area contributed by atoms with Crippen LogP contribution in [-0.2, 0) is 14.4 Å². The Morgan fingerprint density at radius 2 is 1.75 bits per heavy atom. The van der Waals surface area contributed by atoms with Gasteiger partial charge in [-0.25, -0.2) is 10.2 Å². The lowest BCUT2D eigenvalue weighted by molar-refractivity contribution is -0.171. The predicted molar refractivity (Wildman–Crippen MR) is 53.6 cm³/mol. The van der Waals surface area contributed by atoms with Crippen molar-refractivity contribution in [1.82, 2.24) is 15.9 Å². The van der Waals surface area contributed by atoms with Gasteiger partial charge >= 0.3 is 6.09 Å². The fourth-order valence-electron chi connectivity index (χ4n) is 1.00. The van der Waals surface area contributed by atoms with Crippen LogP contribution in [0.25, 0.3) is 0 Å². The maximum Gasteiger partial charge on any atom is 0.446 e. The lowest BCUT2D eigenvalue weighted by Gasteiger charge is -2.21. The van der Waals surface area contributed by atoms with Crippen LogP contribution in [0.4, 0.5) is 4.79 Å². The summed E-state index contributed by atoms with van der Waals surface area (Å²) in [6.45, 7) is 5.50. The van der Waals surface area contributed by atoms with Crippen molar-refractivity contribution >= 4 is 17.9 Å². The van der Waals surface area contributed by atoms with Crippen molar-refractivity contribution in [2.75, 3.05) is 0 Å². The Kier molecular flexibility index (Phi) is 3.48. The van der Waals surface area contributed by atoms with Crippen molar-refractivity contribution in [1.29, 1.82) is 0 Å². The Balaban J connectivity index is 2.40. The number of imide groups is 1. The lowest BCUT2D eigenvalue weighted by Crippen LogP contribution is -2.50. The van der Waals surface area contributed by atoms with Crippen LogP contribution < -0.4 is 10.9 Å². The summed E-state index contributed by atoms with van der Waals surface area (Å²) < 4.78 is 0. The summed E-state index contributed by atoms with van der Waals surface area (Å²) in [7, 11) is 0. The number of rotatable bonds is 2. The lowest BCUT2D eigenvalue weighted by atomic mass is 10.1. The van der Waals surface area contributed by atoms with E-state index in [9.17, 15) is 14.4 Å². The standard InChI is InChI=1S/C9H15N3O4/c1-9(2,3)11-10-8(15)16-12-6(13)4-5-7(12)14/h11H,4-5H2,1-3H3,(H,10,15). The van der Waals surface area contributed by atoms with Gasteiger partial charge in [0.25, 0.3) is 11.8 Å². The number of hydroxylamine groups is 2. The van der Waals surface area contributed by atoms with E-state index in [2.05, 4.69) is 15.7 Å². The van der Waals surface area contributed by atoms with Gasteiger partial charge in [0.2, 0.25) is 0 Å². The molecule has 1 aliphatic rings. The summed E-state index contributed by atoms with van der Waals surface area (Å²) in [5.74, 6) is -1.01. The summed E-state index contributed by atoms with van der Waals surface area (Å²) >= 11 is 0. The molecule has 0 atom stereocenters. The first-order chi connectivity index (χ1) is 7.29. The number of nitrogens with zero attached hydrogens (tertiary/aromatic N) is 1. The third-order valence-electron chi connectivity index (χ3n) is 1.72. The predicted octanol–water partition coefficient (Wildman–Crippen LogP) is 0.0797. The Morgan fingerprint density at radius 1 is 1.25 bits per heavy atom. The molecule has 0 spiro atoms. The summed E-state index contributed by atoms with van der Waals surface area (Å²) in [6.07, 6.45) is -0.726. The van der Waals surface area contributed by atoms with Crippen molar-refractivity contribution in [2.45, 2.75) is 39.2 Å². The van der Waals surface area contributed by atoms with Gasteiger partial charge in [-0.15, -0.1) is 5.06 Å². The Bertz CT molecular complexity index is 305. The Morgan fingerprint density at radius 3 is 2.19 bits per heavy atom. The molecule has 0 radical (unpaired) electrons. The summed E-state index contributed by atoms with van der Waals surface area (Å²) in [6, 6.07) is 0. The van der Waals surface area contributed by atoms with Crippen molar-refractivity contribution in [3.8, 4) is 0 Å². The zero-order valence-corrected chi connectivity index (χ0v) is 9.49. The quantitative estimate of drug-likeness (QED) is 0.517. The monoisotopic (exact) mass is 229 g/mol. The summed E-state index contributed by atoms with van der Waals surface area (Å²) in [4.78, 5) is 37.9. The van der Waals surface area contributed by atoms with E-state index < -0.39 is 17.9 Å². The average molecular weight is 229 g/mol. The number of hydrogen-bond donors (Lipinski definition) is 2. The molecule has 16 heavy (non-hydrogen) atoms. The molecule has 1 saturated heterocycles. The van der Waals surface area contributed by atoms with E-state index in [1.807, 2.05) is 20.8 Å². The first-order valence-corrected chi connectivity index (χ1v) is 4.90.